The van der Waals surface area contributed by atoms with Crippen LogP contribution in [0.1, 0.15) is 99.8 Å². The Morgan fingerprint density at radius 1 is 0.622 bits per heavy atom. The summed E-state index contributed by atoms with van der Waals surface area (Å²) in [6.07, 6.45) is 18.1. The van der Waals surface area contributed by atoms with Crippen LogP contribution in [0.15, 0.2) is 58.3 Å². The van der Waals surface area contributed by atoms with Gasteiger partial charge < -0.3 is 14.8 Å². The molecule has 2 aromatic rings. The molecule has 0 aliphatic heterocycles. The van der Waals surface area contributed by atoms with Crippen LogP contribution in [-0.4, -0.2) is 51.4 Å². The number of hydrogen-bond acceptors (Lipinski definition) is 3. The molecule has 0 heterocycles. The van der Waals surface area contributed by atoms with Gasteiger partial charge in [-0.05, 0) is 48.5 Å². The van der Waals surface area contributed by atoms with Gasteiger partial charge >= 0.3 is 123 Å². The number of aromatic carboxylic acids is 2. The van der Waals surface area contributed by atoms with Crippen LogP contribution in [0.5, 0.6) is 0 Å². The monoisotopic (exact) mass is 550 g/mol. The summed E-state index contributed by atoms with van der Waals surface area (Å²) in [6.45, 7) is 9.44. The Bertz CT molecular complexity index is 820. The van der Waals surface area contributed by atoms with E-state index < -0.39 is 30.4 Å². The fourth-order valence-electron chi connectivity index (χ4n) is 4.54. The van der Waals surface area contributed by atoms with E-state index in [-0.39, 0.29) is 11.1 Å². The summed E-state index contributed by atoms with van der Waals surface area (Å²) in [5.41, 5.74) is 0.235. The number of carboxylic acid groups (broad SMARTS) is 2. The van der Waals surface area contributed by atoms with Crippen LogP contribution >= 0.6 is 7.26 Å². The molecule has 0 atom stereocenters. The summed E-state index contributed by atoms with van der Waals surface area (Å²) in [4.78, 5) is 22.4. The molecule has 0 aliphatic carbocycles. The van der Waals surface area contributed by atoms with Gasteiger partial charge in [0.1, 0.15) is 0 Å². The maximum absolute atomic E-state index is 12.2. The molecule has 2 rings (SSSR count). The molecule has 7 heteroatoms. The van der Waals surface area contributed by atoms with Crippen molar-refractivity contribution in [2.45, 2.75) is 88.9 Å². The van der Waals surface area contributed by atoms with Gasteiger partial charge in [-0.25, -0.2) is 9.59 Å². The van der Waals surface area contributed by atoms with Crippen LogP contribution in [0.3, 0.4) is 0 Å². The van der Waals surface area contributed by atoms with E-state index in [1.165, 1.54) is 99.9 Å². The standard InChI is InChI=1S/C16H37P.C14H10O5S/c1-5-9-13-17(14-10-6-2,15-11-7-3)16-12-8-4;15-13(16)9-1-5-11(6-2-9)20(19)12-7-3-10(4-8-12)14(17)18/h17H,5-16H2,1-4H3;1-8H,(H,15,16)(H,17,18). The van der Waals surface area contributed by atoms with Gasteiger partial charge in [0.25, 0.3) is 0 Å². The maximum atomic E-state index is 12.2. The predicted octanol–water partition coefficient (Wildman–Crippen LogP) is 8.19. The summed E-state index contributed by atoms with van der Waals surface area (Å²) >= 11 is -1.48. The molecule has 0 aliphatic rings. The molecule has 0 amide bonds. The minimum absolute atomic E-state index is 0.118. The fourth-order valence-corrected chi connectivity index (χ4v) is 11.5. The third-order valence-corrected chi connectivity index (χ3v) is 13.9. The Labute approximate surface area is 227 Å². The molecule has 0 unspecified atom stereocenters. The molecular weight excluding hydrogens is 503 g/mol. The number of hydrogen-bond donors (Lipinski definition) is 2. The van der Waals surface area contributed by atoms with Crippen molar-refractivity contribution in [3.05, 3.63) is 59.7 Å². The Balaban J connectivity index is 0.000000377. The third-order valence-electron chi connectivity index (χ3n) is 6.87. The van der Waals surface area contributed by atoms with Crippen LogP contribution in [0.4, 0.5) is 0 Å². The second-order valence-electron chi connectivity index (χ2n) is 9.84. The first-order valence-electron chi connectivity index (χ1n) is 13.8. The van der Waals surface area contributed by atoms with Crippen molar-refractivity contribution in [2.24, 2.45) is 0 Å². The molecule has 0 radical (unpaired) electrons. The quantitative estimate of drug-likeness (QED) is 0.162. The van der Waals surface area contributed by atoms with E-state index in [2.05, 4.69) is 27.7 Å². The normalized spacial score (nSPS) is 11.6. The molecule has 0 saturated heterocycles. The minimum Gasteiger partial charge on any atom is -0.606 e. The molecule has 2 aromatic carbocycles. The van der Waals surface area contributed by atoms with Gasteiger partial charge in [-0.15, -0.1) is 0 Å². The molecule has 0 aromatic heterocycles. The van der Waals surface area contributed by atoms with Crippen molar-refractivity contribution in [3.8, 4) is 0 Å². The SMILES string of the molecule is CCCC[PH](CCCC)(CCCC)CCCC.O=C(O)c1ccc([S+]([O-])c2ccc(C(=O)O)cc2)cc1. The zero-order chi connectivity index (χ0) is 27.7. The van der Waals surface area contributed by atoms with Crippen LogP contribution < -0.4 is 0 Å². The first-order chi connectivity index (χ1) is 17.7. The molecule has 37 heavy (non-hydrogen) atoms. The van der Waals surface area contributed by atoms with Gasteiger partial charge in [-0.2, -0.15) is 0 Å². The third kappa shape index (κ3) is 12.0. The van der Waals surface area contributed by atoms with Crippen molar-refractivity contribution >= 4 is 30.4 Å². The maximum Gasteiger partial charge on any atom is 0.335 e. The average molecular weight is 551 g/mol. The zero-order valence-corrected chi connectivity index (χ0v) is 24.9. The molecule has 208 valence electrons. The van der Waals surface area contributed by atoms with Crippen LogP contribution in [0.25, 0.3) is 0 Å². The number of benzene rings is 2. The van der Waals surface area contributed by atoms with Gasteiger partial charge in [0, 0.05) is 11.2 Å². The second-order valence-corrected chi connectivity index (χ2v) is 16.3. The first kappa shape index (κ1) is 33.1. The van der Waals surface area contributed by atoms with Crippen LogP contribution in [-0.2, 0) is 11.2 Å². The minimum atomic E-state index is -1.48. The summed E-state index contributed by atoms with van der Waals surface area (Å²) in [5, 5.41) is 17.6. The second kappa shape index (κ2) is 18.4. The van der Waals surface area contributed by atoms with Crippen molar-refractivity contribution in [1.29, 1.82) is 0 Å². The van der Waals surface area contributed by atoms with E-state index in [0.717, 1.165) is 0 Å². The molecule has 5 nitrogen and oxygen atoms in total. The molecule has 2 N–H and O–H groups in total. The van der Waals surface area contributed by atoms with Crippen molar-refractivity contribution in [3.63, 3.8) is 0 Å². The first-order valence-corrected chi connectivity index (χ1v) is 17.8. The number of rotatable bonds is 16. The molecule has 0 fully saturated rings. The number of carbonyl (C=O) groups is 2. The molecule has 0 spiro atoms. The molecule has 0 bridgehead atoms. The topological polar surface area (TPSA) is 97.7 Å². The van der Waals surface area contributed by atoms with E-state index in [9.17, 15) is 14.1 Å². The summed E-state index contributed by atoms with van der Waals surface area (Å²) in [5.74, 6) is -2.10. The van der Waals surface area contributed by atoms with Gasteiger partial charge in [0.15, 0.2) is 9.79 Å². The molecular formula is C30H47O5PS. The fraction of sp³-hybridized carbons (Fsp3) is 0.533. The Morgan fingerprint density at radius 3 is 1.11 bits per heavy atom. The average Bonchev–Trinajstić information content (AvgIpc) is 2.92. The predicted molar refractivity (Wildman–Crippen MR) is 159 cm³/mol. The smallest absolute Gasteiger partial charge is 0.335 e. The van der Waals surface area contributed by atoms with E-state index >= 15 is 0 Å². The summed E-state index contributed by atoms with van der Waals surface area (Å²) in [7, 11) is -0.879. The van der Waals surface area contributed by atoms with Crippen LogP contribution in [0.2, 0.25) is 0 Å². The van der Waals surface area contributed by atoms with E-state index in [1.807, 2.05) is 0 Å². The van der Waals surface area contributed by atoms with Gasteiger partial charge in [0.2, 0.25) is 0 Å². The molecule has 0 saturated carbocycles. The van der Waals surface area contributed by atoms with Gasteiger partial charge in [-0.3, -0.25) is 0 Å². The number of carboxylic acids is 2. The zero-order valence-electron chi connectivity index (χ0n) is 23.1. The Morgan fingerprint density at radius 2 is 0.892 bits per heavy atom. The van der Waals surface area contributed by atoms with Crippen molar-refractivity contribution in [2.75, 3.05) is 24.6 Å². The van der Waals surface area contributed by atoms with Crippen LogP contribution in [0, 0.1) is 0 Å². The van der Waals surface area contributed by atoms with Gasteiger partial charge in [-0.1, -0.05) is 0 Å². The van der Waals surface area contributed by atoms with E-state index in [1.54, 1.807) is 24.6 Å². The summed E-state index contributed by atoms with van der Waals surface area (Å²) < 4.78 is 12.2. The Kier molecular flexibility index (Phi) is 16.5. The van der Waals surface area contributed by atoms with Crippen molar-refractivity contribution in [1.82, 2.24) is 0 Å². The van der Waals surface area contributed by atoms with E-state index in [4.69, 9.17) is 10.2 Å². The van der Waals surface area contributed by atoms with Gasteiger partial charge in [0.05, 0.1) is 11.1 Å². The van der Waals surface area contributed by atoms with Crippen molar-refractivity contribution < 1.29 is 24.4 Å². The Hall–Kier alpha value is -1.88. The summed E-state index contributed by atoms with van der Waals surface area (Å²) in [6, 6.07) is 11.4. The van der Waals surface area contributed by atoms with E-state index in [0.29, 0.717) is 9.79 Å². The largest absolute Gasteiger partial charge is 0.606 e. The number of unbranched alkanes of at least 4 members (excludes halogenated alkanes) is 4.